The molecular formula is C15H20FNO. The molecule has 2 unspecified atom stereocenters. The molecule has 0 radical (unpaired) electrons. The number of hydrogen-bond acceptors (Lipinski definition) is 2. The average molecular weight is 249 g/mol. The summed E-state index contributed by atoms with van der Waals surface area (Å²) >= 11 is 0. The lowest BCUT2D eigenvalue weighted by Gasteiger charge is -2.28. The second kappa shape index (κ2) is 5.19. The fourth-order valence-electron chi connectivity index (χ4n) is 2.90. The van der Waals surface area contributed by atoms with E-state index in [4.69, 9.17) is 5.73 Å². The maximum Gasteiger partial charge on any atom is 0.170 e. The molecule has 0 aliphatic heterocycles. The smallest absolute Gasteiger partial charge is 0.170 e. The van der Waals surface area contributed by atoms with Gasteiger partial charge in [-0.25, -0.2) is 4.39 Å². The van der Waals surface area contributed by atoms with Gasteiger partial charge in [0.1, 0.15) is 5.82 Å². The molecule has 1 aliphatic carbocycles. The van der Waals surface area contributed by atoms with Crippen molar-refractivity contribution in [2.24, 2.45) is 11.7 Å². The van der Waals surface area contributed by atoms with Crippen molar-refractivity contribution >= 4 is 5.78 Å². The first kappa shape index (κ1) is 13.2. The van der Waals surface area contributed by atoms with Crippen LogP contribution in [0.4, 0.5) is 4.39 Å². The molecule has 0 amide bonds. The summed E-state index contributed by atoms with van der Waals surface area (Å²) in [6, 6.07) is 3.16. The summed E-state index contributed by atoms with van der Waals surface area (Å²) in [7, 11) is 0. The lowest BCUT2D eigenvalue weighted by Crippen LogP contribution is -2.38. The molecule has 2 N–H and O–H groups in total. The van der Waals surface area contributed by atoms with E-state index in [9.17, 15) is 9.18 Å². The maximum atomic E-state index is 14.0. The highest BCUT2D eigenvalue weighted by atomic mass is 19.1. The minimum Gasteiger partial charge on any atom is -0.327 e. The Labute approximate surface area is 107 Å². The van der Waals surface area contributed by atoms with Crippen LogP contribution in [-0.2, 0) is 0 Å². The number of carbonyl (C=O) groups is 1. The zero-order valence-electron chi connectivity index (χ0n) is 11.0. The standard InChI is InChI=1S/C15H20FNO/c1-9-7-10(2)14(12(16)8-9)15(18)11-5-3-4-6-13(11)17/h7-8,11,13H,3-6,17H2,1-2H3. The van der Waals surface area contributed by atoms with Crippen molar-refractivity contribution in [3.8, 4) is 0 Å². The predicted molar refractivity (Wildman–Crippen MR) is 70.1 cm³/mol. The van der Waals surface area contributed by atoms with Crippen molar-refractivity contribution in [2.45, 2.75) is 45.6 Å². The Kier molecular flexibility index (Phi) is 3.81. The third-order valence-electron chi connectivity index (χ3n) is 3.83. The molecule has 0 spiro atoms. The topological polar surface area (TPSA) is 43.1 Å². The van der Waals surface area contributed by atoms with Crippen LogP contribution >= 0.6 is 0 Å². The number of rotatable bonds is 2. The van der Waals surface area contributed by atoms with Crippen molar-refractivity contribution in [2.75, 3.05) is 0 Å². The lowest BCUT2D eigenvalue weighted by molar-refractivity contribution is 0.0866. The molecule has 18 heavy (non-hydrogen) atoms. The van der Waals surface area contributed by atoms with Gasteiger partial charge in [0, 0.05) is 12.0 Å². The molecule has 98 valence electrons. The number of Topliss-reactive ketones (excluding diaryl/α,β-unsaturated/α-hetero) is 1. The largest absolute Gasteiger partial charge is 0.327 e. The molecule has 0 saturated heterocycles. The molecule has 0 heterocycles. The van der Waals surface area contributed by atoms with E-state index in [1.165, 1.54) is 6.07 Å². The molecule has 3 heteroatoms. The number of aryl methyl sites for hydroxylation is 2. The van der Waals surface area contributed by atoms with Gasteiger partial charge in [0.2, 0.25) is 0 Å². The first-order valence-electron chi connectivity index (χ1n) is 6.57. The van der Waals surface area contributed by atoms with Crippen molar-refractivity contribution in [3.05, 3.63) is 34.6 Å². The van der Waals surface area contributed by atoms with E-state index >= 15 is 0 Å². The summed E-state index contributed by atoms with van der Waals surface area (Å²) in [6.07, 6.45) is 3.73. The second-order valence-electron chi connectivity index (χ2n) is 5.36. The predicted octanol–water partition coefficient (Wildman–Crippen LogP) is 3.14. The zero-order chi connectivity index (χ0) is 13.3. The van der Waals surface area contributed by atoms with Gasteiger partial charge >= 0.3 is 0 Å². The fourth-order valence-corrected chi connectivity index (χ4v) is 2.90. The number of nitrogens with two attached hydrogens (primary N) is 1. The highest BCUT2D eigenvalue weighted by molar-refractivity contribution is 6.00. The molecule has 0 aromatic heterocycles. The van der Waals surface area contributed by atoms with Gasteiger partial charge in [-0.05, 0) is 43.9 Å². The van der Waals surface area contributed by atoms with Crippen molar-refractivity contribution in [3.63, 3.8) is 0 Å². The Hall–Kier alpha value is -1.22. The zero-order valence-corrected chi connectivity index (χ0v) is 11.0. The molecule has 2 rings (SSSR count). The third kappa shape index (κ3) is 2.46. The van der Waals surface area contributed by atoms with Crippen LogP contribution in [0.15, 0.2) is 12.1 Å². The average Bonchev–Trinajstić information content (AvgIpc) is 2.27. The quantitative estimate of drug-likeness (QED) is 0.818. The SMILES string of the molecule is Cc1cc(C)c(C(=O)C2CCCCC2N)c(F)c1. The highest BCUT2D eigenvalue weighted by Gasteiger charge is 2.31. The van der Waals surface area contributed by atoms with Gasteiger partial charge in [0.25, 0.3) is 0 Å². The molecule has 1 fully saturated rings. The maximum absolute atomic E-state index is 14.0. The summed E-state index contributed by atoms with van der Waals surface area (Å²) < 4.78 is 14.0. The monoisotopic (exact) mass is 249 g/mol. The van der Waals surface area contributed by atoms with Crippen LogP contribution in [-0.4, -0.2) is 11.8 Å². The van der Waals surface area contributed by atoms with Gasteiger partial charge in [-0.2, -0.15) is 0 Å². The number of ketones is 1. The van der Waals surface area contributed by atoms with Crippen LogP contribution in [0.2, 0.25) is 0 Å². The third-order valence-corrected chi connectivity index (χ3v) is 3.83. The highest BCUT2D eigenvalue weighted by Crippen LogP contribution is 2.28. The minimum atomic E-state index is -0.407. The summed E-state index contributed by atoms with van der Waals surface area (Å²) in [5.74, 6) is -0.734. The Morgan fingerprint density at radius 2 is 1.94 bits per heavy atom. The number of benzene rings is 1. The Morgan fingerprint density at radius 3 is 2.56 bits per heavy atom. The molecule has 1 aliphatic rings. The molecule has 1 saturated carbocycles. The van der Waals surface area contributed by atoms with Gasteiger partial charge in [-0.1, -0.05) is 18.9 Å². The van der Waals surface area contributed by atoms with Crippen LogP contribution in [0.5, 0.6) is 0 Å². The normalized spacial score (nSPS) is 24.0. The first-order valence-corrected chi connectivity index (χ1v) is 6.57. The van der Waals surface area contributed by atoms with Crippen molar-refractivity contribution in [1.82, 2.24) is 0 Å². The molecule has 2 nitrogen and oxygen atoms in total. The van der Waals surface area contributed by atoms with E-state index < -0.39 is 5.82 Å². The van der Waals surface area contributed by atoms with Gasteiger partial charge in [0.05, 0.1) is 5.56 Å². The van der Waals surface area contributed by atoms with Gasteiger partial charge in [0.15, 0.2) is 5.78 Å². The molecular weight excluding hydrogens is 229 g/mol. The van der Waals surface area contributed by atoms with Crippen molar-refractivity contribution in [1.29, 1.82) is 0 Å². The van der Waals surface area contributed by atoms with E-state index in [1.807, 2.05) is 13.0 Å². The lowest BCUT2D eigenvalue weighted by atomic mass is 9.79. The fraction of sp³-hybridized carbons (Fsp3) is 0.533. The number of hydrogen-bond donors (Lipinski definition) is 1. The van der Waals surface area contributed by atoms with E-state index in [0.717, 1.165) is 36.8 Å². The summed E-state index contributed by atoms with van der Waals surface area (Å²) in [5.41, 5.74) is 7.80. The minimum absolute atomic E-state index is 0.114. The van der Waals surface area contributed by atoms with E-state index in [2.05, 4.69) is 0 Å². The van der Waals surface area contributed by atoms with Crippen LogP contribution in [0, 0.1) is 25.6 Å². The Bertz CT molecular complexity index is 447. The molecule has 1 aromatic carbocycles. The molecule has 0 bridgehead atoms. The Balaban J connectivity index is 2.33. The molecule has 2 atom stereocenters. The second-order valence-corrected chi connectivity index (χ2v) is 5.36. The van der Waals surface area contributed by atoms with Gasteiger partial charge in [-0.15, -0.1) is 0 Å². The van der Waals surface area contributed by atoms with Crippen LogP contribution in [0.1, 0.15) is 47.2 Å². The van der Waals surface area contributed by atoms with Crippen LogP contribution in [0.3, 0.4) is 0 Å². The van der Waals surface area contributed by atoms with Crippen LogP contribution < -0.4 is 5.73 Å². The summed E-state index contributed by atoms with van der Waals surface area (Å²) in [6.45, 7) is 3.62. The number of halogens is 1. The van der Waals surface area contributed by atoms with E-state index in [0.29, 0.717) is 0 Å². The van der Waals surface area contributed by atoms with E-state index in [-0.39, 0.29) is 23.3 Å². The van der Waals surface area contributed by atoms with E-state index in [1.54, 1.807) is 6.92 Å². The van der Waals surface area contributed by atoms with Gasteiger partial charge in [-0.3, -0.25) is 4.79 Å². The van der Waals surface area contributed by atoms with Crippen molar-refractivity contribution < 1.29 is 9.18 Å². The summed E-state index contributed by atoms with van der Waals surface area (Å²) in [4.78, 5) is 12.4. The number of carbonyl (C=O) groups excluding carboxylic acids is 1. The van der Waals surface area contributed by atoms with Gasteiger partial charge < -0.3 is 5.73 Å². The van der Waals surface area contributed by atoms with Crippen LogP contribution in [0.25, 0.3) is 0 Å². The molecule has 1 aromatic rings. The first-order chi connectivity index (χ1) is 8.50. The summed E-state index contributed by atoms with van der Waals surface area (Å²) in [5, 5.41) is 0. The Morgan fingerprint density at radius 1 is 1.28 bits per heavy atom.